The first kappa shape index (κ1) is 20.8. The van der Waals surface area contributed by atoms with E-state index in [1.165, 1.54) is 25.3 Å². The van der Waals surface area contributed by atoms with E-state index in [1.54, 1.807) is 17.7 Å². The minimum Gasteiger partial charge on any atom is -0.476 e. The summed E-state index contributed by atoms with van der Waals surface area (Å²) in [6, 6.07) is 3.76. The molecule has 0 saturated carbocycles. The molecule has 0 spiro atoms. The Kier molecular flexibility index (Phi) is 4.91. The van der Waals surface area contributed by atoms with Crippen molar-refractivity contribution < 1.29 is 47.0 Å². The molecule has 1 aromatic rings. The second-order valence-electron chi connectivity index (χ2n) is 7.16. The van der Waals surface area contributed by atoms with Crippen LogP contribution in [0.1, 0.15) is 31.9 Å². The Morgan fingerprint density at radius 1 is 1.39 bits per heavy atom. The lowest BCUT2D eigenvalue weighted by atomic mass is 9.92. The third-order valence-electron chi connectivity index (χ3n) is 5.05. The number of carboxylic acids is 1. The van der Waals surface area contributed by atoms with E-state index < -0.39 is 24.5 Å². The number of nitrogens with zero attached hydrogens (tertiary/aromatic N) is 2. The summed E-state index contributed by atoms with van der Waals surface area (Å²) in [5, 5.41) is 13.0. The zero-order chi connectivity index (χ0) is 22.5. The molecule has 11 heteroatoms. The van der Waals surface area contributed by atoms with Gasteiger partial charge in [0.15, 0.2) is 17.2 Å². The van der Waals surface area contributed by atoms with E-state index in [9.17, 15) is 23.1 Å². The van der Waals surface area contributed by atoms with Crippen molar-refractivity contribution in [3.63, 3.8) is 0 Å². The summed E-state index contributed by atoms with van der Waals surface area (Å²) in [6.45, 7) is 3.59. The average molecular weight is 439 g/mol. The summed E-state index contributed by atoms with van der Waals surface area (Å²) < 4.78 is 50.8. The van der Waals surface area contributed by atoms with Crippen LogP contribution in [0.2, 0.25) is 0 Å². The number of carbonyl (C=O) groups is 1. The Morgan fingerprint density at radius 2 is 2.13 bits per heavy atom. The number of ether oxygens (including phenoxy) is 2. The third kappa shape index (κ3) is 3.49. The van der Waals surface area contributed by atoms with Crippen LogP contribution in [-0.4, -0.2) is 46.8 Å². The van der Waals surface area contributed by atoms with Crippen molar-refractivity contribution in [2.45, 2.75) is 38.8 Å². The molecule has 2 atom stereocenters. The zero-order valence-electron chi connectivity index (χ0n) is 16.7. The molecule has 31 heavy (non-hydrogen) atoms. The van der Waals surface area contributed by atoms with Crippen LogP contribution in [0, 0.1) is 0 Å². The fourth-order valence-corrected chi connectivity index (χ4v) is 3.56. The maximum atomic E-state index is 13.5. The number of hydrogen-bond donors (Lipinski definition) is 1. The highest BCUT2D eigenvalue weighted by Gasteiger charge is 2.50. The average Bonchev–Trinajstić information content (AvgIpc) is 2.71. The fourth-order valence-electron chi connectivity index (χ4n) is 3.56. The molecule has 4 aliphatic rings. The van der Waals surface area contributed by atoms with Gasteiger partial charge in [0.1, 0.15) is 7.11 Å². The molecular weight excluding hydrogens is 421 g/mol. The Bertz CT molecular complexity index is 1090. The van der Waals surface area contributed by atoms with E-state index in [2.05, 4.69) is 19.5 Å². The highest BCUT2D eigenvalue weighted by Crippen LogP contribution is 2.42. The largest absolute Gasteiger partial charge is 0.476 e. The summed E-state index contributed by atoms with van der Waals surface area (Å²) in [5.41, 5.74) is 2.03. The lowest BCUT2D eigenvalue weighted by Gasteiger charge is -2.29. The van der Waals surface area contributed by atoms with Gasteiger partial charge >= 0.3 is 18.4 Å². The summed E-state index contributed by atoms with van der Waals surface area (Å²) in [7, 11) is 1.24. The number of hydroxylamine groups is 1. The molecular formula is C20H18F3N2O6+. The summed E-state index contributed by atoms with van der Waals surface area (Å²) >= 11 is 0. The van der Waals surface area contributed by atoms with E-state index in [0.29, 0.717) is 23.5 Å². The molecule has 8 nitrogen and oxygen atoms in total. The van der Waals surface area contributed by atoms with Gasteiger partial charge in [0.25, 0.3) is 0 Å². The minimum absolute atomic E-state index is 0.151. The number of fused-ring (bicyclic) bond motifs is 3. The Labute approximate surface area is 174 Å². The predicted octanol–water partition coefficient (Wildman–Crippen LogP) is 3.50. The van der Waals surface area contributed by atoms with Gasteiger partial charge in [-0.15, -0.1) is 0 Å². The Hall–Kier alpha value is -3.50. The van der Waals surface area contributed by atoms with Crippen molar-refractivity contribution in [2.24, 2.45) is 5.16 Å². The van der Waals surface area contributed by atoms with Crippen molar-refractivity contribution >= 4 is 17.4 Å². The first-order valence-electron chi connectivity index (χ1n) is 9.23. The summed E-state index contributed by atoms with van der Waals surface area (Å²) in [4.78, 5) is 22.1. The van der Waals surface area contributed by atoms with Crippen molar-refractivity contribution in [3.8, 4) is 11.5 Å². The SMILES string of the molecule is CON=C(C(=O)O)C1=CC2=[N+](C(C)c3ccc4c(c3)OC(F)C(F)(F)O4)OC1=C(C)C2. The molecule has 0 aromatic heterocycles. The molecule has 2 bridgehead atoms. The van der Waals surface area contributed by atoms with E-state index in [1.807, 2.05) is 6.92 Å². The van der Waals surface area contributed by atoms with E-state index in [4.69, 9.17) is 4.84 Å². The first-order chi connectivity index (χ1) is 14.6. The van der Waals surface area contributed by atoms with Crippen LogP contribution in [0.25, 0.3) is 0 Å². The second-order valence-corrected chi connectivity index (χ2v) is 7.16. The number of halogens is 3. The van der Waals surface area contributed by atoms with Gasteiger partial charge < -0.3 is 19.4 Å². The summed E-state index contributed by atoms with van der Waals surface area (Å²) in [6.07, 6.45) is -4.84. The number of aliphatic carboxylic acids is 1. The van der Waals surface area contributed by atoms with Crippen molar-refractivity contribution in [1.29, 1.82) is 0 Å². The molecule has 1 aliphatic carbocycles. The lowest BCUT2D eigenvalue weighted by molar-refractivity contribution is -0.803. The van der Waals surface area contributed by atoms with Gasteiger partial charge in [-0.05, 0) is 35.4 Å². The third-order valence-corrected chi connectivity index (χ3v) is 5.05. The molecule has 1 N–H and O–H groups in total. The predicted molar refractivity (Wildman–Crippen MR) is 99.8 cm³/mol. The second kappa shape index (κ2) is 7.33. The molecule has 2 unspecified atom stereocenters. The molecule has 164 valence electrons. The minimum atomic E-state index is -4.07. The molecule has 0 radical (unpaired) electrons. The lowest BCUT2D eigenvalue weighted by Crippen LogP contribution is -2.43. The number of rotatable bonds is 5. The van der Waals surface area contributed by atoms with Crippen LogP contribution >= 0.6 is 0 Å². The van der Waals surface area contributed by atoms with Gasteiger partial charge in [0.05, 0.1) is 12.0 Å². The number of hydrogen-bond acceptors (Lipinski definition) is 6. The Morgan fingerprint density at radius 3 is 2.77 bits per heavy atom. The van der Waals surface area contributed by atoms with Crippen LogP contribution in [0.5, 0.6) is 11.5 Å². The topological polar surface area (TPSA) is 89.6 Å². The standard InChI is InChI=1S/C20H17F3N2O6/c1-9-6-12-8-13(16(18(26)27)24-28-3)17(9)31-25(12)10(2)11-4-5-14-15(7-11)29-19(21)20(22,23)30-14/h4-5,7-8,10,19H,6H2,1-3H3/p+1. The number of carboxylic acid groups (broad SMARTS) is 1. The highest BCUT2D eigenvalue weighted by molar-refractivity contribution is 6.44. The molecule has 5 rings (SSSR count). The molecule has 0 amide bonds. The van der Waals surface area contributed by atoms with Crippen LogP contribution in [0.4, 0.5) is 13.2 Å². The first-order valence-corrected chi connectivity index (χ1v) is 9.23. The van der Waals surface area contributed by atoms with Crippen molar-refractivity contribution in [1.82, 2.24) is 0 Å². The molecule has 1 aromatic carbocycles. The van der Waals surface area contributed by atoms with Gasteiger partial charge in [0, 0.05) is 18.6 Å². The number of oxime groups is 1. The van der Waals surface area contributed by atoms with Gasteiger partial charge in [-0.3, -0.25) is 0 Å². The van der Waals surface area contributed by atoms with Crippen LogP contribution in [0.3, 0.4) is 0 Å². The number of allylic oxidation sites excluding steroid dienone is 3. The molecule has 0 saturated heterocycles. The molecule has 3 aliphatic heterocycles. The van der Waals surface area contributed by atoms with E-state index in [-0.39, 0.29) is 22.8 Å². The normalized spacial score (nSPS) is 22.7. The molecule has 0 fully saturated rings. The van der Waals surface area contributed by atoms with Crippen LogP contribution in [0.15, 0.2) is 46.3 Å². The maximum Gasteiger partial charge on any atom is 0.468 e. The summed E-state index contributed by atoms with van der Waals surface area (Å²) in [5.74, 6) is -1.36. The van der Waals surface area contributed by atoms with E-state index >= 15 is 0 Å². The Balaban J connectivity index is 1.69. The van der Waals surface area contributed by atoms with Crippen molar-refractivity contribution in [3.05, 3.63) is 46.7 Å². The van der Waals surface area contributed by atoms with Crippen molar-refractivity contribution in [2.75, 3.05) is 7.11 Å². The van der Waals surface area contributed by atoms with Gasteiger partial charge in [0.2, 0.25) is 17.5 Å². The van der Waals surface area contributed by atoms with Crippen LogP contribution in [-0.2, 0) is 14.5 Å². The number of alkyl halides is 3. The van der Waals surface area contributed by atoms with Gasteiger partial charge in [-0.1, -0.05) is 5.16 Å². The molecule has 3 heterocycles. The zero-order valence-corrected chi connectivity index (χ0v) is 16.7. The fraction of sp³-hybridized carbons (Fsp3) is 0.350. The maximum absolute atomic E-state index is 13.5. The van der Waals surface area contributed by atoms with E-state index in [0.717, 1.165) is 5.57 Å². The quantitative estimate of drug-likeness (QED) is 0.429. The van der Waals surface area contributed by atoms with Crippen LogP contribution < -0.4 is 9.47 Å². The smallest absolute Gasteiger partial charge is 0.468 e. The number of benzene rings is 1. The highest BCUT2D eigenvalue weighted by atomic mass is 19.3. The van der Waals surface area contributed by atoms with Gasteiger partial charge in [-0.2, -0.15) is 13.2 Å². The monoisotopic (exact) mass is 439 g/mol. The van der Waals surface area contributed by atoms with Gasteiger partial charge in [-0.25, -0.2) is 9.63 Å².